The van der Waals surface area contributed by atoms with Crippen LogP contribution < -0.4 is 0 Å². The minimum absolute atomic E-state index is 0.737. The number of alkyl halides is 1. The highest BCUT2D eigenvalue weighted by Gasteiger charge is 2.00. The molecule has 86 valence electrons. The molecule has 0 saturated heterocycles. The summed E-state index contributed by atoms with van der Waals surface area (Å²) in [7, 11) is 0. The van der Waals surface area contributed by atoms with Gasteiger partial charge < -0.3 is 9.47 Å². The van der Waals surface area contributed by atoms with Crippen LogP contribution in [0.25, 0.3) is 0 Å². The molecular formula is C11H23BrO2. The average Bonchev–Trinajstić information content (AvgIpc) is 2.17. The first-order chi connectivity index (χ1) is 6.81. The van der Waals surface area contributed by atoms with Crippen LogP contribution >= 0.6 is 15.9 Å². The van der Waals surface area contributed by atoms with Gasteiger partial charge in [-0.05, 0) is 25.2 Å². The number of hydrogen-bond donors (Lipinski definition) is 0. The summed E-state index contributed by atoms with van der Waals surface area (Å²) in [6.45, 7) is 7.57. The number of halogens is 1. The molecule has 0 bridgehead atoms. The molecule has 0 aromatic rings. The van der Waals surface area contributed by atoms with Crippen molar-refractivity contribution in [2.45, 2.75) is 33.1 Å². The maximum absolute atomic E-state index is 5.46. The van der Waals surface area contributed by atoms with Crippen LogP contribution in [-0.2, 0) is 9.47 Å². The molecule has 0 aliphatic heterocycles. The Morgan fingerprint density at radius 3 is 2.21 bits per heavy atom. The molecule has 0 aliphatic carbocycles. The molecule has 0 N–H and O–H groups in total. The summed E-state index contributed by atoms with van der Waals surface area (Å²) in [5.74, 6) is 0.755. The lowest BCUT2D eigenvalue weighted by Gasteiger charge is -2.09. The van der Waals surface area contributed by atoms with Gasteiger partial charge in [-0.25, -0.2) is 0 Å². The minimum atomic E-state index is 0.737. The van der Waals surface area contributed by atoms with Gasteiger partial charge in [0.2, 0.25) is 0 Å². The highest BCUT2D eigenvalue weighted by Crippen LogP contribution is 2.08. The molecule has 0 amide bonds. The molecule has 0 radical (unpaired) electrons. The van der Waals surface area contributed by atoms with Gasteiger partial charge in [0.05, 0.1) is 13.2 Å². The van der Waals surface area contributed by atoms with E-state index in [0.29, 0.717) is 0 Å². The van der Waals surface area contributed by atoms with E-state index >= 15 is 0 Å². The predicted molar refractivity (Wildman–Crippen MR) is 64.1 cm³/mol. The number of hydrogen-bond acceptors (Lipinski definition) is 2. The smallest absolute Gasteiger partial charge is 0.0700 e. The van der Waals surface area contributed by atoms with Gasteiger partial charge in [0.1, 0.15) is 0 Å². The van der Waals surface area contributed by atoms with Crippen molar-refractivity contribution in [3.8, 4) is 0 Å². The second kappa shape index (κ2) is 11.5. The number of rotatable bonds is 10. The van der Waals surface area contributed by atoms with Gasteiger partial charge >= 0.3 is 0 Å². The van der Waals surface area contributed by atoms with Crippen molar-refractivity contribution in [3.05, 3.63) is 0 Å². The first-order valence-electron chi connectivity index (χ1n) is 5.52. The monoisotopic (exact) mass is 266 g/mol. The van der Waals surface area contributed by atoms with E-state index < -0.39 is 0 Å². The summed E-state index contributed by atoms with van der Waals surface area (Å²) >= 11 is 3.44. The third-order valence-corrected chi connectivity index (χ3v) is 2.54. The molecule has 1 atom stereocenters. The van der Waals surface area contributed by atoms with Crippen LogP contribution in [0.4, 0.5) is 0 Å². The average molecular weight is 267 g/mol. The Balaban J connectivity index is 2.98. The second-order valence-electron chi connectivity index (χ2n) is 3.60. The fourth-order valence-electron chi connectivity index (χ4n) is 1.08. The highest BCUT2D eigenvalue weighted by atomic mass is 79.9. The molecule has 0 heterocycles. The Bertz CT molecular complexity index is 109. The third kappa shape index (κ3) is 10.5. The number of ether oxygens (including phenoxy) is 2. The van der Waals surface area contributed by atoms with Crippen LogP contribution in [0.2, 0.25) is 0 Å². The lowest BCUT2D eigenvalue weighted by molar-refractivity contribution is 0.0436. The maximum Gasteiger partial charge on any atom is 0.0700 e. The van der Waals surface area contributed by atoms with Crippen LogP contribution in [0.5, 0.6) is 0 Å². The summed E-state index contributed by atoms with van der Waals surface area (Å²) in [5.41, 5.74) is 0. The fourth-order valence-corrected chi connectivity index (χ4v) is 1.86. The quantitative estimate of drug-likeness (QED) is 0.447. The zero-order chi connectivity index (χ0) is 10.6. The lowest BCUT2D eigenvalue weighted by Crippen LogP contribution is -2.08. The van der Waals surface area contributed by atoms with E-state index in [0.717, 1.165) is 50.5 Å². The van der Waals surface area contributed by atoms with Crippen molar-refractivity contribution in [2.24, 2.45) is 5.92 Å². The largest absolute Gasteiger partial charge is 0.379 e. The van der Waals surface area contributed by atoms with E-state index in [1.165, 1.54) is 6.42 Å². The van der Waals surface area contributed by atoms with Crippen molar-refractivity contribution in [3.63, 3.8) is 0 Å². The van der Waals surface area contributed by atoms with Gasteiger partial charge in [0, 0.05) is 18.5 Å². The van der Waals surface area contributed by atoms with Gasteiger partial charge in [0.15, 0.2) is 0 Å². The van der Waals surface area contributed by atoms with Crippen molar-refractivity contribution in [1.29, 1.82) is 0 Å². The predicted octanol–water partition coefficient (Wildman–Crippen LogP) is 3.24. The maximum atomic E-state index is 5.46. The molecule has 0 rings (SSSR count). The zero-order valence-electron chi connectivity index (χ0n) is 9.43. The Kier molecular flexibility index (Phi) is 11.8. The van der Waals surface area contributed by atoms with Crippen molar-refractivity contribution in [1.82, 2.24) is 0 Å². The Morgan fingerprint density at radius 1 is 1.00 bits per heavy atom. The first kappa shape index (κ1) is 14.4. The molecule has 0 aromatic carbocycles. The topological polar surface area (TPSA) is 18.5 Å². The summed E-state index contributed by atoms with van der Waals surface area (Å²) < 4.78 is 10.8. The van der Waals surface area contributed by atoms with Crippen molar-refractivity contribution in [2.75, 3.05) is 31.8 Å². The molecule has 2 nitrogen and oxygen atoms in total. The van der Waals surface area contributed by atoms with Crippen LogP contribution in [-0.4, -0.2) is 31.8 Å². The van der Waals surface area contributed by atoms with Crippen LogP contribution in [0.15, 0.2) is 0 Å². The Hall–Kier alpha value is 0.400. The van der Waals surface area contributed by atoms with Gasteiger partial charge in [-0.3, -0.25) is 0 Å². The first-order valence-corrected chi connectivity index (χ1v) is 6.64. The van der Waals surface area contributed by atoms with Crippen LogP contribution in [0.3, 0.4) is 0 Å². The third-order valence-electron chi connectivity index (χ3n) is 2.08. The molecule has 0 spiro atoms. The summed E-state index contributed by atoms with van der Waals surface area (Å²) in [4.78, 5) is 0. The fraction of sp³-hybridized carbons (Fsp3) is 1.00. The van der Waals surface area contributed by atoms with E-state index in [-0.39, 0.29) is 0 Å². The van der Waals surface area contributed by atoms with E-state index in [1.807, 2.05) is 0 Å². The minimum Gasteiger partial charge on any atom is -0.379 e. The normalized spacial score (nSPS) is 13.1. The molecule has 14 heavy (non-hydrogen) atoms. The van der Waals surface area contributed by atoms with Gasteiger partial charge in [-0.15, -0.1) is 0 Å². The molecule has 0 aliphatic rings. The molecule has 0 fully saturated rings. The van der Waals surface area contributed by atoms with E-state index in [9.17, 15) is 0 Å². The van der Waals surface area contributed by atoms with Gasteiger partial charge in [-0.2, -0.15) is 0 Å². The molecule has 0 saturated carbocycles. The van der Waals surface area contributed by atoms with Crippen LogP contribution in [0, 0.1) is 5.92 Å². The van der Waals surface area contributed by atoms with Crippen molar-refractivity contribution < 1.29 is 9.47 Å². The molecule has 1 unspecified atom stereocenters. The van der Waals surface area contributed by atoms with E-state index in [2.05, 4.69) is 29.8 Å². The lowest BCUT2D eigenvalue weighted by atomic mass is 10.1. The zero-order valence-corrected chi connectivity index (χ0v) is 11.0. The van der Waals surface area contributed by atoms with E-state index in [4.69, 9.17) is 9.47 Å². The van der Waals surface area contributed by atoms with Crippen LogP contribution in [0.1, 0.15) is 33.1 Å². The molecule has 3 heteroatoms. The molecule has 0 aromatic heterocycles. The summed E-state index contributed by atoms with van der Waals surface area (Å²) in [5, 5.41) is 1.09. The highest BCUT2D eigenvalue weighted by molar-refractivity contribution is 9.09. The van der Waals surface area contributed by atoms with Gasteiger partial charge in [0.25, 0.3) is 0 Å². The van der Waals surface area contributed by atoms with Gasteiger partial charge in [-0.1, -0.05) is 29.8 Å². The Morgan fingerprint density at radius 2 is 1.64 bits per heavy atom. The van der Waals surface area contributed by atoms with E-state index in [1.54, 1.807) is 0 Å². The Labute approximate surface area is 96.5 Å². The summed E-state index contributed by atoms with van der Waals surface area (Å²) in [6, 6.07) is 0. The SMILES string of the molecule is CCCOCCOCCC(C)CCBr. The van der Waals surface area contributed by atoms with Crippen molar-refractivity contribution >= 4 is 15.9 Å². The molecular weight excluding hydrogens is 244 g/mol. The summed E-state index contributed by atoms with van der Waals surface area (Å²) in [6.07, 6.45) is 3.47. The second-order valence-corrected chi connectivity index (χ2v) is 4.39. The standard InChI is InChI=1S/C11H23BrO2/c1-3-7-13-9-10-14-8-5-11(2)4-6-12/h11H,3-10H2,1-2H3.